The quantitative estimate of drug-likeness (QED) is 0.655. The highest BCUT2D eigenvalue weighted by atomic mass is 35.5. The molecule has 1 aromatic heterocycles. The van der Waals surface area contributed by atoms with Gasteiger partial charge in [-0.3, -0.25) is 5.21 Å². The molecule has 96 valence electrons. The van der Waals surface area contributed by atoms with E-state index in [-0.39, 0.29) is 0 Å². The van der Waals surface area contributed by atoms with Gasteiger partial charge in [0, 0.05) is 10.4 Å². The normalized spacial score (nSPS) is 12.7. The zero-order chi connectivity index (χ0) is 13.4. The molecule has 0 saturated heterocycles. The Labute approximate surface area is 113 Å². The van der Waals surface area contributed by atoms with E-state index in [0.29, 0.717) is 31.8 Å². The molecule has 0 aliphatic rings. The number of carbonyl (C=O) groups excluding carboxylic acids is 1. The lowest BCUT2D eigenvalue weighted by Crippen LogP contribution is -2.34. The molecule has 1 heterocycles. The lowest BCUT2D eigenvalue weighted by Gasteiger charge is -2.17. The van der Waals surface area contributed by atoms with Gasteiger partial charge in [0.15, 0.2) is 5.58 Å². The van der Waals surface area contributed by atoms with Crippen LogP contribution in [-0.4, -0.2) is 16.3 Å². The fourth-order valence-corrected chi connectivity index (χ4v) is 2.16. The van der Waals surface area contributed by atoms with Gasteiger partial charge in [0.25, 0.3) is 0 Å². The topological polar surface area (TPSA) is 79.7 Å². The van der Waals surface area contributed by atoms with Crippen molar-refractivity contribution in [2.75, 3.05) is 0 Å². The summed E-state index contributed by atoms with van der Waals surface area (Å²) in [4.78, 5) is 10.9. The van der Waals surface area contributed by atoms with Gasteiger partial charge >= 0.3 is 6.03 Å². The minimum atomic E-state index is -0.966. The van der Waals surface area contributed by atoms with Crippen LogP contribution in [0.5, 0.6) is 0 Å². The van der Waals surface area contributed by atoms with Crippen molar-refractivity contribution in [3.05, 3.63) is 34.0 Å². The predicted molar refractivity (Wildman–Crippen MR) is 67.9 cm³/mol. The molecule has 2 rings (SSSR count). The molecule has 2 amide bonds. The number of carbonyl (C=O) groups is 1. The minimum Gasteiger partial charge on any atom is -0.457 e. The number of hydrogen-bond donors (Lipinski definition) is 2. The molecule has 1 unspecified atom stereocenters. The molecular formula is C11H10Cl2N2O3. The van der Waals surface area contributed by atoms with Gasteiger partial charge in [-0.15, -0.1) is 0 Å². The summed E-state index contributed by atoms with van der Waals surface area (Å²) in [5.74, 6) is 0.357. The molecule has 0 saturated carbocycles. The Balaban J connectivity index is 2.47. The molecule has 0 spiro atoms. The summed E-state index contributed by atoms with van der Waals surface area (Å²) in [5, 5.41) is 11.3. The molecule has 5 nitrogen and oxygen atoms in total. The summed E-state index contributed by atoms with van der Waals surface area (Å²) in [6.45, 7) is 1.57. The fraction of sp³-hybridized carbons (Fsp3) is 0.182. The number of rotatable bonds is 2. The lowest BCUT2D eigenvalue weighted by atomic mass is 10.2. The van der Waals surface area contributed by atoms with Gasteiger partial charge in [-0.2, -0.15) is 5.06 Å². The number of nitrogens with zero attached hydrogens (tertiary/aromatic N) is 1. The van der Waals surface area contributed by atoms with E-state index < -0.39 is 12.1 Å². The third kappa shape index (κ3) is 2.25. The number of hydroxylamine groups is 2. The fourth-order valence-electron chi connectivity index (χ4n) is 1.61. The minimum absolute atomic E-state index is 0.357. The Morgan fingerprint density at radius 3 is 2.72 bits per heavy atom. The number of furan rings is 1. The average molecular weight is 289 g/mol. The van der Waals surface area contributed by atoms with Crippen LogP contribution in [0.3, 0.4) is 0 Å². The van der Waals surface area contributed by atoms with E-state index in [1.807, 2.05) is 0 Å². The van der Waals surface area contributed by atoms with Crippen molar-refractivity contribution in [2.24, 2.45) is 5.73 Å². The Hall–Kier alpha value is -1.43. The molecule has 3 N–H and O–H groups in total. The van der Waals surface area contributed by atoms with Gasteiger partial charge in [-0.25, -0.2) is 4.79 Å². The van der Waals surface area contributed by atoms with Crippen LogP contribution in [0.25, 0.3) is 11.0 Å². The van der Waals surface area contributed by atoms with Crippen LogP contribution in [-0.2, 0) is 0 Å². The molecule has 0 aliphatic heterocycles. The highest BCUT2D eigenvalue weighted by Gasteiger charge is 2.21. The highest BCUT2D eigenvalue weighted by Crippen LogP contribution is 2.33. The number of hydrogen-bond acceptors (Lipinski definition) is 3. The summed E-state index contributed by atoms with van der Waals surface area (Å²) >= 11 is 11.8. The van der Waals surface area contributed by atoms with E-state index in [1.54, 1.807) is 25.1 Å². The number of amides is 2. The van der Waals surface area contributed by atoms with Crippen molar-refractivity contribution < 1.29 is 14.4 Å². The first-order chi connectivity index (χ1) is 8.40. The summed E-state index contributed by atoms with van der Waals surface area (Å²) in [6.07, 6.45) is 0. The van der Waals surface area contributed by atoms with Crippen LogP contribution in [0, 0.1) is 0 Å². The number of benzene rings is 1. The van der Waals surface area contributed by atoms with Crippen LogP contribution >= 0.6 is 23.2 Å². The summed E-state index contributed by atoms with van der Waals surface area (Å²) in [7, 11) is 0. The number of fused-ring (bicyclic) bond motifs is 1. The first-order valence-electron chi connectivity index (χ1n) is 5.06. The number of nitrogens with two attached hydrogens (primary N) is 1. The van der Waals surface area contributed by atoms with Crippen molar-refractivity contribution in [3.63, 3.8) is 0 Å². The van der Waals surface area contributed by atoms with Crippen LogP contribution in [0.2, 0.25) is 10.0 Å². The maximum Gasteiger partial charge on any atom is 0.339 e. The van der Waals surface area contributed by atoms with Gasteiger partial charge in [0.05, 0.1) is 5.02 Å². The van der Waals surface area contributed by atoms with Crippen molar-refractivity contribution in [3.8, 4) is 0 Å². The second-order valence-corrected chi connectivity index (χ2v) is 4.66. The van der Waals surface area contributed by atoms with E-state index in [9.17, 15) is 10.0 Å². The number of urea groups is 1. The maximum absolute atomic E-state index is 10.9. The Morgan fingerprint density at radius 1 is 1.44 bits per heavy atom. The lowest BCUT2D eigenvalue weighted by molar-refractivity contribution is -0.0758. The molecule has 2 aromatic rings. The van der Waals surface area contributed by atoms with Gasteiger partial charge in [0.1, 0.15) is 11.8 Å². The molecular weight excluding hydrogens is 279 g/mol. The van der Waals surface area contributed by atoms with E-state index in [2.05, 4.69) is 0 Å². The summed E-state index contributed by atoms with van der Waals surface area (Å²) in [6, 6.07) is 3.18. The first-order valence-corrected chi connectivity index (χ1v) is 5.81. The van der Waals surface area contributed by atoms with Gasteiger partial charge < -0.3 is 10.2 Å². The third-order valence-corrected chi connectivity index (χ3v) is 3.06. The van der Waals surface area contributed by atoms with Crippen molar-refractivity contribution in [1.29, 1.82) is 0 Å². The predicted octanol–water partition coefficient (Wildman–Crippen LogP) is 3.57. The Morgan fingerprint density at radius 2 is 2.11 bits per heavy atom. The molecule has 0 aliphatic carbocycles. The van der Waals surface area contributed by atoms with E-state index in [0.717, 1.165) is 0 Å². The zero-order valence-corrected chi connectivity index (χ0v) is 10.9. The second kappa shape index (κ2) is 4.68. The van der Waals surface area contributed by atoms with Crippen LogP contribution in [0.4, 0.5) is 4.79 Å². The SMILES string of the molecule is CC(c1cc2cc(Cl)cc(Cl)c2o1)N(O)C(N)=O. The number of halogens is 2. The standard InChI is InChI=1S/C11H10Cl2N2O3/c1-5(15(17)11(14)16)9-3-6-2-7(12)4-8(13)10(6)18-9/h2-5,17H,1H3,(H2,14,16). The summed E-state index contributed by atoms with van der Waals surface area (Å²) < 4.78 is 5.49. The van der Waals surface area contributed by atoms with Gasteiger partial charge in [-0.1, -0.05) is 23.2 Å². The molecule has 0 radical (unpaired) electrons. The second-order valence-electron chi connectivity index (χ2n) is 3.81. The van der Waals surface area contributed by atoms with Crippen molar-refractivity contribution >= 4 is 40.2 Å². The average Bonchev–Trinajstić information content (AvgIpc) is 2.70. The van der Waals surface area contributed by atoms with Crippen LogP contribution < -0.4 is 5.73 Å². The van der Waals surface area contributed by atoms with Crippen molar-refractivity contribution in [2.45, 2.75) is 13.0 Å². The number of primary amides is 1. The monoisotopic (exact) mass is 288 g/mol. The smallest absolute Gasteiger partial charge is 0.339 e. The van der Waals surface area contributed by atoms with Crippen LogP contribution in [0.15, 0.2) is 22.6 Å². The van der Waals surface area contributed by atoms with E-state index in [1.165, 1.54) is 0 Å². The third-order valence-electron chi connectivity index (χ3n) is 2.56. The largest absolute Gasteiger partial charge is 0.457 e. The molecule has 1 aromatic carbocycles. The Kier molecular flexibility index (Phi) is 3.38. The van der Waals surface area contributed by atoms with Gasteiger partial charge in [0.2, 0.25) is 0 Å². The van der Waals surface area contributed by atoms with E-state index in [4.69, 9.17) is 33.4 Å². The van der Waals surface area contributed by atoms with Crippen LogP contribution in [0.1, 0.15) is 18.7 Å². The zero-order valence-electron chi connectivity index (χ0n) is 9.35. The van der Waals surface area contributed by atoms with Crippen molar-refractivity contribution in [1.82, 2.24) is 5.06 Å². The maximum atomic E-state index is 10.9. The molecule has 18 heavy (non-hydrogen) atoms. The Bertz CT molecular complexity index is 612. The molecule has 0 fully saturated rings. The van der Waals surface area contributed by atoms with E-state index >= 15 is 0 Å². The first kappa shape index (κ1) is 13.0. The summed E-state index contributed by atoms with van der Waals surface area (Å²) in [5.41, 5.74) is 5.42. The van der Waals surface area contributed by atoms with Gasteiger partial charge in [-0.05, 0) is 25.1 Å². The molecule has 1 atom stereocenters. The molecule has 0 bridgehead atoms. The molecule has 7 heteroatoms. The highest BCUT2D eigenvalue weighted by molar-refractivity contribution is 6.38.